The van der Waals surface area contributed by atoms with E-state index in [0.717, 1.165) is 52.7 Å². The number of pyridine rings is 1. The molecule has 0 radical (unpaired) electrons. The third-order valence-electron chi connectivity index (χ3n) is 8.03. The van der Waals surface area contributed by atoms with Crippen LogP contribution in [0.1, 0.15) is 48.8 Å². The van der Waals surface area contributed by atoms with E-state index in [2.05, 4.69) is 41.8 Å². The molecular weight excluding hydrogens is 520 g/mol. The van der Waals surface area contributed by atoms with Gasteiger partial charge in [0.25, 0.3) is 0 Å². The first-order valence-corrected chi connectivity index (χ1v) is 14.3. The molecule has 1 unspecified atom stereocenters. The number of fused-ring (bicyclic) bond motifs is 1. The number of amides is 1. The van der Waals surface area contributed by atoms with Crippen molar-refractivity contribution in [3.63, 3.8) is 0 Å². The van der Waals surface area contributed by atoms with Gasteiger partial charge in [-0.05, 0) is 56.9 Å². The van der Waals surface area contributed by atoms with Crippen molar-refractivity contribution in [1.29, 1.82) is 0 Å². The molecule has 3 aromatic rings. The summed E-state index contributed by atoms with van der Waals surface area (Å²) in [5.74, 6) is 0.785. The number of nitrogens with zero attached hydrogens (tertiary/aromatic N) is 6. The highest BCUT2D eigenvalue weighted by molar-refractivity contribution is 6.31. The number of carboxylic acids is 1. The molecule has 0 aliphatic carbocycles. The van der Waals surface area contributed by atoms with Gasteiger partial charge in [0.2, 0.25) is 0 Å². The average Bonchev–Trinajstić information content (AvgIpc) is 2.97. The Bertz CT molecular complexity index is 1450. The van der Waals surface area contributed by atoms with E-state index in [-0.39, 0.29) is 6.04 Å². The number of benzene rings is 1. The first-order chi connectivity index (χ1) is 19.7. The summed E-state index contributed by atoms with van der Waals surface area (Å²) < 4.78 is 5.89. The second-order valence-corrected chi connectivity index (χ2v) is 10.7. The molecule has 1 aromatic carbocycles. The predicted molar refractivity (Wildman–Crippen MR) is 158 cm³/mol. The van der Waals surface area contributed by atoms with Crippen LogP contribution in [0.25, 0.3) is 11.4 Å². The van der Waals surface area contributed by atoms with Crippen molar-refractivity contribution < 1.29 is 19.4 Å². The molecule has 4 heterocycles. The summed E-state index contributed by atoms with van der Waals surface area (Å²) in [5.41, 5.74) is 6.27. The first kappa shape index (κ1) is 28.3. The molecule has 10 nitrogen and oxygen atoms in total. The number of carbonyl (C=O) groups is 2. The molecule has 41 heavy (non-hydrogen) atoms. The average molecular weight is 559 g/mol. The normalized spacial score (nSPS) is 16.8. The standard InChI is InChI=1S/C31H38N6O4/c1-6-22-9-8-10-23(7-2)26(22)27-33-21(5)24(18-36-15-16-41-25-12-11-19(3)32-29(25)36)28(34-27)35-13-14-37(20(4)17-35)30(38)31(39)40/h8-12,20H,6-7,13-18H2,1-5H3,(H,39,40). The first-order valence-electron chi connectivity index (χ1n) is 14.3. The molecule has 2 aliphatic rings. The number of anilines is 2. The smallest absolute Gasteiger partial charge is 0.394 e. The topological polar surface area (TPSA) is 112 Å². The molecule has 0 saturated carbocycles. The third-order valence-corrected chi connectivity index (χ3v) is 8.03. The Balaban J connectivity index is 1.60. The molecule has 0 bridgehead atoms. The largest absolute Gasteiger partial charge is 0.488 e. The van der Waals surface area contributed by atoms with Crippen LogP contribution in [0.5, 0.6) is 5.75 Å². The van der Waals surface area contributed by atoms with Crippen LogP contribution in [-0.4, -0.2) is 75.7 Å². The minimum atomic E-state index is -1.43. The number of aliphatic carboxylic acids is 1. The second-order valence-electron chi connectivity index (χ2n) is 10.7. The summed E-state index contributed by atoms with van der Waals surface area (Å²) in [6.07, 6.45) is 1.73. The van der Waals surface area contributed by atoms with Crippen molar-refractivity contribution in [2.75, 3.05) is 42.6 Å². The molecule has 1 N–H and O–H groups in total. The van der Waals surface area contributed by atoms with E-state index in [1.165, 1.54) is 16.0 Å². The van der Waals surface area contributed by atoms with Gasteiger partial charge < -0.3 is 24.5 Å². The number of carbonyl (C=O) groups excluding carboxylic acids is 1. The highest BCUT2D eigenvalue weighted by Crippen LogP contribution is 2.35. The number of aromatic nitrogens is 3. The van der Waals surface area contributed by atoms with Gasteiger partial charge in [0.1, 0.15) is 12.4 Å². The van der Waals surface area contributed by atoms with Crippen LogP contribution >= 0.6 is 0 Å². The number of aryl methyl sites for hydroxylation is 4. The fourth-order valence-corrected chi connectivity index (χ4v) is 5.83. The van der Waals surface area contributed by atoms with Crippen molar-refractivity contribution in [2.45, 2.75) is 60.0 Å². The van der Waals surface area contributed by atoms with Crippen LogP contribution in [0.4, 0.5) is 11.6 Å². The van der Waals surface area contributed by atoms with Crippen molar-refractivity contribution in [2.24, 2.45) is 0 Å². The Kier molecular flexibility index (Phi) is 8.10. The molecule has 1 saturated heterocycles. The third kappa shape index (κ3) is 5.55. The van der Waals surface area contributed by atoms with Crippen LogP contribution in [0.2, 0.25) is 0 Å². The second kappa shape index (κ2) is 11.7. The summed E-state index contributed by atoms with van der Waals surface area (Å²) >= 11 is 0. The number of hydrogen-bond acceptors (Lipinski definition) is 8. The maximum Gasteiger partial charge on any atom is 0.394 e. The van der Waals surface area contributed by atoms with Gasteiger partial charge in [0, 0.05) is 48.2 Å². The Morgan fingerprint density at radius 2 is 1.71 bits per heavy atom. The molecule has 0 spiro atoms. The molecule has 1 amide bonds. The van der Waals surface area contributed by atoms with Crippen molar-refractivity contribution >= 4 is 23.5 Å². The zero-order valence-electron chi connectivity index (χ0n) is 24.5. The van der Waals surface area contributed by atoms with Gasteiger partial charge in [-0.2, -0.15) is 0 Å². The maximum atomic E-state index is 12.3. The van der Waals surface area contributed by atoms with Crippen molar-refractivity contribution in [3.05, 3.63) is 58.4 Å². The highest BCUT2D eigenvalue weighted by Gasteiger charge is 2.33. The molecular formula is C31H38N6O4. The Labute approximate surface area is 241 Å². The van der Waals surface area contributed by atoms with Crippen LogP contribution in [0.15, 0.2) is 30.3 Å². The van der Waals surface area contributed by atoms with Crippen LogP contribution in [0, 0.1) is 13.8 Å². The van der Waals surface area contributed by atoms with Gasteiger partial charge in [0.15, 0.2) is 17.4 Å². The number of piperazine rings is 1. The monoisotopic (exact) mass is 558 g/mol. The molecule has 1 atom stereocenters. The zero-order chi connectivity index (χ0) is 29.3. The van der Waals surface area contributed by atoms with E-state index in [1.807, 2.05) is 32.9 Å². The summed E-state index contributed by atoms with van der Waals surface area (Å²) in [6.45, 7) is 13.2. The SMILES string of the molecule is CCc1cccc(CC)c1-c1nc(C)c(CN2CCOc3ccc(C)nc32)c(N2CCN(C(=O)C(=O)O)C(C)C2)n1. The van der Waals surface area contributed by atoms with E-state index in [9.17, 15) is 14.7 Å². The lowest BCUT2D eigenvalue weighted by Crippen LogP contribution is -2.56. The summed E-state index contributed by atoms with van der Waals surface area (Å²) in [7, 11) is 0. The fraction of sp³-hybridized carbons (Fsp3) is 0.452. The summed E-state index contributed by atoms with van der Waals surface area (Å²) in [4.78, 5) is 44.7. The summed E-state index contributed by atoms with van der Waals surface area (Å²) in [6, 6.07) is 9.99. The lowest BCUT2D eigenvalue weighted by atomic mass is 9.96. The fourth-order valence-electron chi connectivity index (χ4n) is 5.83. The number of carboxylic acid groups (broad SMARTS) is 1. The van der Waals surface area contributed by atoms with E-state index in [1.54, 1.807) is 0 Å². The van der Waals surface area contributed by atoms with E-state index in [4.69, 9.17) is 19.7 Å². The Hall–Kier alpha value is -4.21. The lowest BCUT2D eigenvalue weighted by molar-refractivity contribution is -0.157. The quantitative estimate of drug-likeness (QED) is 0.452. The van der Waals surface area contributed by atoms with E-state index >= 15 is 0 Å². The minimum absolute atomic E-state index is 0.290. The molecule has 216 valence electrons. The van der Waals surface area contributed by atoms with E-state index < -0.39 is 11.9 Å². The van der Waals surface area contributed by atoms with Crippen molar-refractivity contribution in [3.8, 4) is 17.1 Å². The molecule has 1 fully saturated rings. The van der Waals surface area contributed by atoms with E-state index in [0.29, 0.717) is 45.2 Å². The van der Waals surface area contributed by atoms with Crippen LogP contribution in [-0.2, 0) is 29.0 Å². The Morgan fingerprint density at radius 1 is 0.976 bits per heavy atom. The molecule has 2 aromatic heterocycles. The van der Waals surface area contributed by atoms with Crippen LogP contribution < -0.4 is 14.5 Å². The highest BCUT2D eigenvalue weighted by atomic mass is 16.5. The van der Waals surface area contributed by atoms with Crippen LogP contribution in [0.3, 0.4) is 0 Å². The number of ether oxygens (including phenoxy) is 1. The predicted octanol–water partition coefficient (Wildman–Crippen LogP) is 3.80. The maximum absolute atomic E-state index is 12.3. The van der Waals surface area contributed by atoms with Gasteiger partial charge in [-0.1, -0.05) is 32.0 Å². The minimum Gasteiger partial charge on any atom is -0.488 e. The van der Waals surface area contributed by atoms with Gasteiger partial charge in [-0.15, -0.1) is 0 Å². The van der Waals surface area contributed by atoms with Gasteiger partial charge in [0.05, 0.1) is 13.1 Å². The van der Waals surface area contributed by atoms with Gasteiger partial charge in [-0.25, -0.2) is 19.7 Å². The number of rotatable bonds is 6. The molecule has 10 heteroatoms. The lowest BCUT2D eigenvalue weighted by Gasteiger charge is -2.41. The Morgan fingerprint density at radius 3 is 2.37 bits per heavy atom. The molecule has 5 rings (SSSR count). The zero-order valence-corrected chi connectivity index (χ0v) is 24.5. The van der Waals surface area contributed by atoms with Gasteiger partial charge >= 0.3 is 11.9 Å². The molecule has 2 aliphatic heterocycles. The van der Waals surface area contributed by atoms with Crippen molar-refractivity contribution in [1.82, 2.24) is 19.9 Å². The number of hydrogen-bond donors (Lipinski definition) is 1. The van der Waals surface area contributed by atoms with Gasteiger partial charge in [-0.3, -0.25) is 4.79 Å². The summed E-state index contributed by atoms with van der Waals surface area (Å²) in [5, 5.41) is 9.31.